The first-order valence-corrected chi connectivity index (χ1v) is 6.23. The van der Waals surface area contributed by atoms with Crippen LogP contribution in [0, 0.1) is 0 Å². The molecule has 1 N–H and O–H groups in total. The zero-order valence-electron chi connectivity index (χ0n) is 10.6. The number of nitrogens with zero attached hydrogens (tertiary/aromatic N) is 2. The van der Waals surface area contributed by atoms with E-state index in [4.69, 9.17) is 9.26 Å². The number of hydrogen-bond donors (Lipinski definition) is 1. The summed E-state index contributed by atoms with van der Waals surface area (Å²) in [6.07, 6.45) is 3.69. The molecule has 1 fully saturated rings. The van der Waals surface area contributed by atoms with Crippen molar-refractivity contribution in [1.82, 2.24) is 15.4 Å². The Hall–Kier alpha value is -1.40. The van der Waals surface area contributed by atoms with Crippen molar-refractivity contribution in [1.29, 1.82) is 0 Å². The van der Waals surface area contributed by atoms with Gasteiger partial charge >= 0.3 is 0 Å². The molecule has 1 atom stereocenters. The SMILES string of the molecule is COCCN(CC1CCCN1)C(=O)c1ccon1. The lowest BCUT2D eigenvalue weighted by atomic mass is 10.2. The number of ether oxygens (including phenoxy) is 1. The van der Waals surface area contributed by atoms with Gasteiger partial charge in [0, 0.05) is 32.3 Å². The predicted molar refractivity (Wildman–Crippen MR) is 65.3 cm³/mol. The van der Waals surface area contributed by atoms with Crippen LogP contribution in [-0.4, -0.2) is 55.4 Å². The van der Waals surface area contributed by atoms with E-state index in [2.05, 4.69) is 10.5 Å². The molecule has 2 heterocycles. The zero-order valence-corrected chi connectivity index (χ0v) is 10.6. The predicted octanol–water partition coefficient (Wildman–Crippen LogP) is 0.515. The molecule has 0 aromatic carbocycles. The second kappa shape index (κ2) is 6.51. The highest BCUT2D eigenvalue weighted by atomic mass is 16.5. The third-order valence-electron chi connectivity index (χ3n) is 3.11. The molecule has 0 bridgehead atoms. The molecular formula is C12H19N3O3. The van der Waals surface area contributed by atoms with Gasteiger partial charge in [-0.05, 0) is 19.4 Å². The molecule has 1 unspecified atom stereocenters. The molecular weight excluding hydrogens is 234 g/mol. The molecule has 2 rings (SSSR count). The van der Waals surface area contributed by atoms with E-state index < -0.39 is 0 Å². The summed E-state index contributed by atoms with van der Waals surface area (Å²) in [6, 6.07) is 1.96. The second-order valence-electron chi connectivity index (χ2n) is 4.42. The molecule has 1 aromatic heterocycles. The highest BCUT2D eigenvalue weighted by molar-refractivity contribution is 5.92. The average molecular weight is 253 g/mol. The summed E-state index contributed by atoms with van der Waals surface area (Å²) in [7, 11) is 1.63. The van der Waals surface area contributed by atoms with Crippen molar-refractivity contribution < 1.29 is 14.1 Å². The number of nitrogens with one attached hydrogen (secondary N) is 1. The van der Waals surface area contributed by atoms with Gasteiger partial charge in [0.15, 0.2) is 5.69 Å². The molecule has 1 amide bonds. The Morgan fingerprint density at radius 3 is 3.22 bits per heavy atom. The third kappa shape index (κ3) is 3.30. The zero-order chi connectivity index (χ0) is 12.8. The molecule has 0 saturated carbocycles. The van der Waals surface area contributed by atoms with Gasteiger partial charge in [-0.3, -0.25) is 4.79 Å². The molecule has 0 aliphatic carbocycles. The van der Waals surface area contributed by atoms with E-state index in [1.165, 1.54) is 12.7 Å². The Morgan fingerprint density at radius 2 is 2.61 bits per heavy atom. The van der Waals surface area contributed by atoms with Crippen LogP contribution in [0.25, 0.3) is 0 Å². The molecule has 1 aliphatic rings. The Bertz CT molecular complexity index is 361. The van der Waals surface area contributed by atoms with Crippen LogP contribution in [-0.2, 0) is 4.74 Å². The maximum Gasteiger partial charge on any atom is 0.276 e. The summed E-state index contributed by atoms with van der Waals surface area (Å²) in [5.41, 5.74) is 0.351. The van der Waals surface area contributed by atoms with Gasteiger partial charge in [-0.1, -0.05) is 5.16 Å². The Labute approximate surface area is 106 Å². The van der Waals surface area contributed by atoms with E-state index in [0.717, 1.165) is 13.0 Å². The number of amides is 1. The first-order valence-electron chi connectivity index (χ1n) is 6.23. The maximum absolute atomic E-state index is 12.2. The van der Waals surface area contributed by atoms with Crippen LogP contribution in [0.15, 0.2) is 16.9 Å². The van der Waals surface area contributed by atoms with Crippen molar-refractivity contribution in [3.05, 3.63) is 18.0 Å². The fourth-order valence-corrected chi connectivity index (χ4v) is 2.14. The standard InChI is InChI=1S/C12H19N3O3/c1-17-8-6-15(9-10-3-2-5-13-10)12(16)11-4-7-18-14-11/h4,7,10,13H,2-3,5-6,8-9H2,1H3. The molecule has 18 heavy (non-hydrogen) atoms. The molecule has 0 radical (unpaired) electrons. The van der Waals surface area contributed by atoms with E-state index >= 15 is 0 Å². The summed E-state index contributed by atoms with van der Waals surface area (Å²) in [6.45, 7) is 2.81. The molecule has 100 valence electrons. The van der Waals surface area contributed by atoms with E-state index in [9.17, 15) is 4.79 Å². The highest BCUT2D eigenvalue weighted by Crippen LogP contribution is 2.09. The van der Waals surface area contributed by atoms with Gasteiger partial charge in [0.1, 0.15) is 6.26 Å². The summed E-state index contributed by atoms with van der Waals surface area (Å²) < 4.78 is 9.76. The number of carbonyl (C=O) groups excluding carboxylic acids is 1. The summed E-state index contributed by atoms with van der Waals surface area (Å²) in [5.74, 6) is -0.102. The fourth-order valence-electron chi connectivity index (χ4n) is 2.14. The molecule has 0 spiro atoms. The minimum Gasteiger partial charge on any atom is -0.383 e. The maximum atomic E-state index is 12.2. The summed E-state index contributed by atoms with van der Waals surface area (Å²) >= 11 is 0. The number of aromatic nitrogens is 1. The first-order chi connectivity index (χ1) is 8.81. The lowest BCUT2D eigenvalue weighted by molar-refractivity contribution is 0.0669. The van der Waals surface area contributed by atoms with Gasteiger partial charge in [0.05, 0.1) is 6.61 Å². The Morgan fingerprint density at radius 1 is 1.72 bits per heavy atom. The van der Waals surface area contributed by atoms with E-state index in [0.29, 0.717) is 31.4 Å². The van der Waals surface area contributed by atoms with Gasteiger partial charge in [-0.15, -0.1) is 0 Å². The topological polar surface area (TPSA) is 67.6 Å². The number of carbonyl (C=O) groups is 1. The van der Waals surface area contributed by atoms with Crippen LogP contribution < -0.4 is 5.32 Å². The van der Waals surface area contributed by atoms with Gasteiger partial charge in [-0.2, -0.15) is 0 Å². The molecule has 1 aliphatic heterocycles. The fraction of sp³-hybridized carbons (Fsp3) is 0.667. The minimum atomic E-state index is -0.102. The van der Waals surface area contributed by atoms with Crippen molar-refractivity contribution in [3.63, 3.8) is 0 Å². The van der Waals surface area contributed by atoms with E-state index in [1.807, 2.05) is 0 Å². The van der Waals surface area contributed by atoms with E-state index in [1.54, 1.807) is 18.1 Å². The lowest BCUT2D eigenvalue weighted by Gasteiger charge is -2.24. The summed E-state index contributed by atoms with van der Waals surface area (Å²) in [5, 5.41) is 7.08. The quantitative estimate of drug-likeness (QED) is 0.800. The van der Waals surface area contributed by atoms with Crippen LogP contribution in [0.5, 0.6) is 0 Å². The average Bonchev–Trinajstić information content (AvgIpc) is 3.06. The molecule has 6 nitrogen and oxygen atoms in total. The van der Waals surface area contributed by atoms with Crippen molar-refractivity contribution >= 4 is 5.91 Å². The van der Waals surface area contributed by atoms with Gasteiger partial charge in [-0.25, -0.2) is 0 Å². The van der Waals surface area contributed by atoms with Crippen molar-refractivity contribution in [3.8, 4) is 0 Å². The highest BCUT2D eigenvalue weighted by Gasteiger charge is 2.23. The van der Waals surface area contributed by atoms with Gasteiger partial charge in [0.25, 0.3) is 5.91 Å². The van der Waals surface area contributed by atoms with Crippen molar-refractivity contribution in [2.75, 3.05) is 33.4 Å². The van der Waals surface area contributed by atoms with Crippen LogP contribution in [0.3, 0.4) is 0 Å². The Balaban J connectivity index is 1.96. The van der Waals surface area contributed by atoms with Crippen LogP contribution >= 0.6 is 0 Å². The van der Waals surface area contributed by atoms with Crippen LogP contribution in [0.1, 0.15) is 23.3 Å². The normalized spacial score (nSPS) is 19.1. The molecule has 6 heteroatoms. The largest absolute Gasteiger partial charge is 0.383 e. The number of rotatable bonds is 6. The summed E-state index contributed by atoms with van der Waals surface area (Å²) in [4.78, 5) is 14.0. The minimum absolute atomic E-state index is 0.102. The van der Waals surface area contributed by atoms with Gasteiger partial charge in [0.2, 0.25) is 0 Å². The van der Waals surface area contributed by atoms with Gasteiger partial charge < -0.3 is 19.5 Å². The van der Waals surface area contributed by atoms with Crippen molar-refractivity contribution in [2.24, 2.45) is 0 Å². The van der Waals surface area contributed by atoms with Crippen LogP contribution in [0.2, 0.25) is 0 Å². The molecule has 1 saturated heterocycles. The Kier molecular flexibility index (Phi) is 4.72. The number of methoxy groups -OCH3 is 1. The second-order valence-corrected chi connectivity index (χ2v) is 4.42. The monoisotopic (exact) mass is 253 g/mol. The van der Waals surface area contributed by atoms with Crippen molar-refractivity contribution in [2.45, 2.75) is 18.9 Å². The van der Waals surface area contributed by atoms with Crippen LogP contribution in [0.4, 0.5) is 0 Å². The molecule has 1 aromatic rings. The first kappa shape index (κ1) is 13.0. The number of hydrogen-bond acceptors (Lipinski definition) is 5. The third-order valence-corrected chi connectivity index (χ3v) is 3.11. The lowest BCUT2D eigenvalue weighted by Crippen LogP contribution is -2.42. The smallest absolute Gasteiger partial charge is 0.276 e. The van der Waals surface area contributed by atoms with E-state index in [-0.39, 0.29) is 5.91 Å².